The Morgan fingerprint density at radius 3 is 3.09 bits per heavy atom. The Morgan fingerprint density at radius 2 is 2.55 bits per heavy atom. The molecule has 0 aliphatic rings. The number of hydrogen-bond acceptors (Lipinski definition) is 4. The van der Waals surface area contributed by atoms with Crippen LogP contribution in [0, 0.1) is 0 Å². The summed E-state index contributed by atoms with van der Waals surface area (Å²) < 4.78 is 1.31. The highest BCUT2D eigenvalue weighted by Crippen LogP contribution is 2.02. The van der Waals surface area contributed by atoms with E-state index in [2.05, 4.69) is 22.4 Å². The largest absolute Gasteiger partial charge is 0.361 e. The summed E-state index contributed by atoms with van der Waals surface area (Å²) in [6.45, 7) is 2.10. The van der Waals surface area contributed by atoms with Crippen LogP contribution in [-0.2, 0) is 5.88 Å². The predicted molar refractivity (Wildman–Crippen MR) is 43.4 cm³/mol. The third kappa shape index (κ3) is 2.38. The SMILES string of the molecule is CCCSCn1nn[nH]c1=O. The van der Waals surface area contributed by atoms with Crippen LogP contribution in [0.4, 0.5) is 0 Å². The summed E-state index contributed by atoms with van der Waals surface area (Å²) in [6.07, 6.45) is 1.11. The first-order valence-corrected chi connectivity index (χ1v) is 4.56. The number of hydrogen-bond donors (Lipinski definition) is 1. The monoisotopic (exact) mass is 174 g/mol. The topological polar surface area (TPSA) is 63.6 Å². The number of tetrazole rings is 1. The zero-order chi connectivity index (χ0) is 8.10. The third-order valence-corrected chi connectivity index (χ3v) is 2.22. The minimum atomic E-state index is -0.242. The molecule has 0 saturated carbocycles. The van der Waals surface area contributed by atoms with Crippen LogP contribution in [0.15, 0.2) is 4.79 Å². The molecule has 0 bridgehead atoms. The van der Waals surface area contributed by atoms with Crippen LogP contribution >= 0.6 is 11.8 Å². The lowest BCUT2D eigenvalue weighted by atomic mass is 10.6. The van der Waals surface area contributed by atoms with Crippen molar-refractivity contribution in [1.29, 1.82) is 0 Å². The van der Waals surface area contributed by atoms with Gasteiger partial charge in [-0.25, -0.2) is 9.89 Å². The summed E-state index contributed by atoms with van der Waals surface area (Å²) in [4.78, 5) is 10.8. The molecule has 1 rings (SSSR count). The Bertz CT molecular complexity index is 255. The van der Waals surface area contributed by atoms with Gasteiger partial charge in [-0.3, -0.25) is 0 Å². The molecule has 0 amide bonds. The Kier molecular flexibility index (Phi) is 3.15. The summed E-state index contributed by atoms with van der Waals surface area (Å²) in [5.41, 5.74) is -0.242. The van der Waals surface area contributed by atoms with E-state index in [0.717, 1.165) is 12.2 Å². The van der Waals surface area contributed by atoms with Crippen molar-refractivity contribution in [3.8, 4) is 0 Å². The van der Waals surface area contributed by atoms with Crippen molar-refractivity contribution in [3.63, 3.8) is 0 Å². The van der Waals surface area contributed by atoms with Gasteiger partial charge in [0.2, 0.25) is 0 Å². The zero-order valence-electron chi connectivity index (χ0n) is 6.28. The quantitative estimate of drug-likeness (QED) is 0.656. The number of nitrogens with zero attached hydrogens (tertiary/aromatic N) is 3. The molecular weight excluding hydrogens is 164 g/mol. The van der Waals surface area contributed by atoms with Crippen LogP contribution in [0.2, 0.25) is 0 Å². The maximum absolute atomic E-state index is 10.8. The fourth-order valence-corrected chi connectivity index (χ4v) is 1.36. The molecule has 1 aromatic heterocycles. The van der Waals surface area contributed by atoms with Crippen molar-refractivity contribution >= 4 is 11.8 Å². The van der Waals surface area contributed by atoms with Gasteiger partial charge in [-0.1, -0.05) is 6.92 Å². The molecule has 5 nitrogen and oxygen atoms in total. The number of H-pyrrole nitrogens is 1. The molecule has 11 heavy (non-hydrogen) atoms. The van der Waals surface area contributed by atoms with E-state index in [-0.39, 0.29) is 5.69 Å². The normalized spacial score (nSPS) is 10.3. The molecule has 6 heteroatoms. The van der Waals surface area contributed by atoms with Crippen LogP contribution in [0.1, 0.15) is 13.3 Å². The molecule has 62 valence electrons. The van der Waals surface area contributed by atoms with Gasteiger partial charge < -0.3 is 0 Å². The molecule has 1 N–H and O–H groups in total. The van der Waals surface area contributed by atoms with Gasteiger partial charge in [-0.2, -0.15) is 4.68 Å². The standard InChI is InChI=1S/C5H10N4OS/c1-2-3-11-4-9-5(10)6-7-8-9/h2-4H2,1H3,(H,6,8,10). The maximum atomic E-state index is 10.8. The van der Waals surface area contributed by atoms with Crippen molar-refractivity contribution in [2.75, 3.05) is 5.75 Å². The lowest BCUT2D eigenvalue weighted by Gasteiger charge is -1.94. The molecule has 0 aliphatic carbocycles. The number of thioether (sulfide) groups is 1. The molecule has 0 fully saturated rings. The predicted octanol–water partition coefficient (Wildman–Crippen LogP) is 0.0671. The lowest BCUT2D eigenvalue weighted by Crippen LogP contribution is -2.16. The number of nitrogens with one attached hydrogen (secondary N) is 1. The lowest BCUT2D eigenvalue weighted by molar-refractivity contribution is 0.681. The maximum Gasteiger partial charge on any atom is 0.361 e. The van der Waals surface area contributed by atoms with Gasteiger partial charge in [0, 0.05) is 0 Å². The van der Waals surface area contributed by atoms with Gasteiger partial charge in [0.05, 0.1) is 5.88 Å². The highest BCUT2D eigenvalue weighted by Gasteiger charge is 1.96. The molecule has 0 aliphatic heterocycles. The van der Waals surface area contributed by atoms with E-state index in [9.17, 15) is 4.79 Å². The Morgan fingerprint density at radius 1 is 1.73 bits per heavy atom. The molecule has 0 saturated heterocycles. The summed E-state index contributed by atoms with van der Waals surface area (Å²) in [5, 5.41) is 9.16. The van der Waals surface area contributed by atoms with E-state index in [1.54, 1.807) is 11.8 Å². The number of rotatable bonds is 4. The summed E-state index contributed by atoms with van der Waals surface area (Å²) in [5.74, 6) is 1.63. The average Bonchev–Trinajstić information content (AvgIpc) is 2.37. The second kappa shape index (κ2) is 4.17. The Hall–Kier alpha value is -0.780. The first-order chi connectivity index (χ1) is 5.34. The van der Waals surface area contributed by atoms with E-state index in [1.165, 1.54) is 4.68 Å². The molecule has 0 aromatic carbocycles. The van der Waals surface area contributed by atoms with E-state index in [0.29, 0.717) is 5.88 Å². The molecule has 1 heterocycles. The van der Waals surface area contributed by atoms with E-state index < -0.39 is 0 Å². The van der Waals surface area contributed by atoms with Gasteiger partial charge in [0.1, 0.15) is 0 Å². The zero-order valence-corrected chi connectivity index (χ0v) is 7.10. The van der Waals surface area contributed by atoms with Crippen LogP contribution in [0.5, 0.6) is 0 Å². The first kappa shape index (κ1) is 8.32. The van der Waals surface area contributed by atoms with E-state index in [1.807, 2.05) is 0 Å². The number of aromatic amines is 1. The van der Waals surface area contributed by atoms with Crippen LogP contribution < -0.4 is 5.69 Å². The first-order valence-electron chi connectivity index (χ1n) is 3.40. The summed E-state index contributed by atoms with van der Waals surface area (Å²) in [7, 11) is 0. The average molecular weight is 174 g/mol. The minimum absolute atomic E-state index is 0.242. The Balaban J connectivity index is 2.39. The highest BCUT2D eigenvalue weighted by molar-refractivity contribution is 7.98. The third-order valence-electron chi connectivity index (χ3n) is 1.09. The fraction of sp³-hybridized carbons (Fsp3) is 0.800. The van der Waals surface area contributed by atoms with Crippen molar-refractivity contribution in [2.45, 2.75) is 19.2 Å². The van der Waals surface area contributed by atoms with Crippen LogP contribution in [-0.4, -0.2) is 26.0 Å². The molecule has 0 radical (unpaired) electrons. The van der Waals surface area contributed by atoms with Crippen LogP contribution in [0.25, 0.3) is 0 Å². The fourth-order valence-electron chi connectivity index (χ4n) is 0.597. The molecule has 0 unspecified atom stereocenters. The smallest absolute Gasteiger partial charge is 0.244 e. The van der Waals surface area contributed by atoms with Crippen molar-refractivity contribution in [1.82, 2.24) is 20.2 Å². The second-order valence-corrected chi connectivity index (χ2v) is 3.12. The van der Waals surface area contributed by atoms with Crippen molar-refractivity contribution in [2.24, 2.45) is 0 Å². The molecule has 1 aromatic rings. The highest BCUT2D eigenvalue weighted by atomic mass is 32.2. The Labute approximate surface area is 68.2 Å². The van der Waals surface area contributed by atoms with Crippen molar-refractivity contribution < 1.29 is 0 Å². The minimum Gasteiger partial charge on any atom is -0.244 e. The van der Waals surface area contributed by atoms with Gasteiger partial charge in [0.15, 0.2) is 0 Å². The van der Waals surface area contributed by atoms with Gasteiger partial charge >= 0.3 is 5.69 Å². The van der Waals surface area contributed by atoms with Gasteiger partial charge in [-0.15, -0.1) is 11.8 Å². The van der Waals surface area contributed by atoms with Crippen molar-refractivity contribution in [3.05, 3.63) is 10.5 Å². The second-order valence-electron chi connectivity index (χ2n) is 2.04. The van der Waals surface area contributed by atoms with E-state index >= 15 is 0 Å². The summed E-state index contributed by atoms with van der Waals surface area (Å²) in [6, 6.07) is 0. The van der Waals surface area contributed by atoms with Gasteiger partial charge in [0.25, 0.3) is 0 Å². The van der Waals surface area contributed by atoms with E-state index in [4.69, 9.17) is 0 Å². The molecular formula is C5H10N4OS. The molecule has 0 spiro atoms. The number of aromatic nitrogens is 4. The molecule has 0 atom stereocenters. The van der Waals surface area contributed by atoms with Crippen LogP contribution in [0.3, 0.4) is 0 Å². The summed E-state index contributed by atoms with van der Waals surface area (Å²) >= 11 is 1.67. The van der Waals surface area contributed by atoms with Gasteiger partial charge in [-0.05, 0) is 22.6 Å².